The molecule has 6 heteroatoms. The van der Waals surface area contributed by atoms with Crippen molar-refractivity contribution in [2.75, 3.05) is 6.79 Å². The lowest BCUT2D eigenvalue weighted by Crippen LogP contribution is -2.15. The van der Waals surface area contributed by atoms with E-state index >= 15 is 0 Å². The van der Waals surface area contributed by atoms with Crippen LogP contribution in [0.1, 0.15) is 17.3 Å². The maximum Gasteiger partial charge on any atom is 0.279 e. The lowest BCUT2D eigenvalue weighted by Gasteiger charge is -2.01. The van der Waals surface area contributed by atoms with Crippen LogP contribution in [0.3, 0.4) is 0 Å². The van der Waals surface area contributed by atoms with Crippen LogP contribution in [-0.4, -0.2) is 17.3 Å². The van der Waals surface area contributed by atoms with Crippen LogP contribution in [0.25, 0.3) is 10.2 Å². The number of aromatic nitrogens is 1. The van der Waals surface area contributed by atoms with Crippen LogP contribution in [0, 0.1) is 0 Å². The Balaban J connectivity index is 1.87. The minimum atomic E-state index is -0.237. The van der Waals surface area contributed by atoms with Crippen molar-refractivity contribution in [3.8, 4) is 11.5 Å². The highest BCUT2D eigenvalue weighted by Gasteiger charge is 2.17. The normalized spacial score (nSPS) is 13.7. The van der Waals surface area contributed by atoms with Gasteiger partial charge in [-0.1, -0.05) is 29.5 Å². The number of carbonyl (C=O) groups excluding carboxylic acids is 1. The van der Waals surface area contributed by atoms with E-state index in [4.69, 9.17) is 9.47 Å². The SMILES string of the molecule is CCn1c(=NC(=O)c2ccccc2)sc2cc3c(cc21)OCO3. The first kappa shape index (κ1) is 14.0. The van der Waals surface area contributed by atoms with Crippen molar-refractivity contribution < 1.29 is 14.3 Å². The van der Waals surface area contributed by atoms with Crippen LogP contribution in [0.2, 0.25) is 0 Å². The Bertz CT molecular complexity index is 957. The van der Waals surface area contributed by atoms with Crippen molar-refractivity contribution in [2.24, 2.45) is 4.99 Å². The molecule has 1 aliphatic heterocycles. The standard InChI is InChI=1S/C17H14N2O3S/c1-2-19-12-8-13-14(22-10-21-13)9-15(12)23-17(19)18-16(20)11-6-4-3-5-7-11/h3-9H,2,10H2,1H3. The minimum absolute atomic E-state index is 0.237. The summed E-state index contributed by atoms with van der Waals surface area (Å²) in [4.78, 5) is 17.3. The van der Waals surface area contributed by atoms with E-state index in [1.165, 1.54) is 11.3 Å². The molecule has 0 unspecified atom stereocenters. The number of nitrogens with zero attached hydrogens (tertiary/aromatic N) is 2. The maximum atomic E-state index is 12.3. The first-order chi connectivity index (χ1) is 11.3. The van der Waals surface area contributed by atoms with E-state index in [1.807, 2.05) is 41.8 Å². The highest BCUT2D eigenvalue weighted by molar-refractivity contribution is 7.16. The number of ether oxygens (including phenoxy) is 2. The average molecular weight is 326 g/mol. The summed E-state index contributed by atoms with van der Waals surface area (Å²) in [6.07, 6.45) is 0. The van der Waals surface area contributed by atoms with Crippen molar-refractivity contribution in [1.29, 1.82) is 0 Å². The smallest absolute Gasteiger partial charge is 0.279 e. The number of aryl methyl sites for hydroxylation is 1. The summed E-state index contributed by atoms with van der Waals surface area (Å²) in [5.74, 6) is 1.24. The number of benzene rings is 2. The lowest BCUT2D eigenvalue weighted by molar-refractivity contribution is 0.0998. The van der Waals surface area contributed by atoms with Gasteiger partial charge in [-0.2, -0.15) is 4.99 Å². The van der Waals surface area contributed by atoms with Gasteiger partial charge < -0.3 is 14.0 Å². The van der Waals surface area contributed by atoms with Gasteiger partial charge in [-0.3, -0.25) is 4.79 Å². The molecule has 0 bridgehead atoms. The van der Waals surface area contributed by atoms with Gasteiger partial charge in [-0.25, -0.2) is 0 Å². The summed E-state index contributed by atoms with van der Waals surface area (Å²) in [5, 5.41) is 0. The third-order valence-electron chi connectivity index (χ3n) is 3.71. The van der Waals surface area contributed by atoms with Gasteiger partial charge in [0.15, 0.2) is 16.3 Å². The summed E-state index contributed by atoms with van der Waals surface area (Å²) < 4.78 is 13.9. The predicted molar refractivity (Wildman–Crippen MR) is 87.9 cm³/mol. The number of rotatable bonds is 2. The van der Waals surface area contributed by atoms with Gasteiger partial charge in [0.2, 0.25) is 6.79 Å². The Morgan fingerprint density at radius 1 is 1.22 bits per heavy atom. The molecule has 0 N–H and O–H groups in total. The third kappa shape index (κ3) is 2.41. The van der Waals surface area contributed by atoms with Gasteiger partial charge in [0, 0.05) is 24.2 Å². The van der Waals surface area contributed by atoms with Crippen LogP contribution in [-0.2, 0) is 6.54 Å². The molecule has 0 saturated heterocycles. The molecule has 4 rings (SSSR count). The highest BCUT2D eigenvalue weighted by Crippen LogP contribution is 2.36. The summed E-state index contributed by atoms with van der Waals surface area (Å²) in [7, 11) is 0. The number of amides is 1. The zero-order valence-electron chi connectivity index (χ0n) is 12.5. The van der Waals surface area contributed by atoms with E-state index in [0.29, 0.717) is 10.4 Å². The molecule has 0 atom stereocenters. The molecule has 1 aromatic heterocycles. The van der Waals surface area contributed by atoms with E-state index in [0.717, 1.165) is 28.3 Å². The van der Waals surface area contributed by atoms with Crippen LogP contribution in [0.4, 0.5) is 0 Å². The molecule has 0 fully saturated rings. The predicted octanol–water partition coefficient (Wildman–Crippen LogP) is 3.19. The minimum Gasteiger partial charge on any atom is -0.454 e. The highest BCUT2D eigenvalue weighted by atomic mass is 32.1. The molecule has 5 nitrogen and oxygen atoms in total. The molecular formula is C17H14N2O3S. The Morgan fingerprint density at radius 3 is 2.70 bits per heavy atom. The Kier molecular flexibility index (Phi) is 3.38. The zero-order chi connectivity index (χ0) is 15.8. The van der Waals surface area contributed by atoms with E-state index in [-0.39, 0.29) is 12.7 Å². The van der Waals surface area contributed by atoms with Crippen molar-refractivity contribution in [2.45, 2.75) is 13.5 Å². The lowest BCUT2D eigenvalue weighted by atomic mass is 10.2. The molecule has 0 radical (unpaired) electrons. The van der Waals surface area contributed by atoms with Gasteiger partial charge in [0.1, 0.15) is 0 Å². The fourth-order valence-electron chi connectivity index (χ4n) is 2.58. The Labute approximate surface area is 136 Å². The largest absolute Gasteiger partial charge is 0.454 e. The molecule has 0 spiro atoms. The second kappa shape index (κ2) is 5.55. The number of carbonyl (C=O) groups is 1. The number of hydrogen-bond acceptors (Lipinski definition) is 4. The number of thiazole rings is 1. The van der Waals surface area contributed by atoms with E-state index in [1.54, 1.807) is 12.1 Å². The van der Waals surface area contributed by atoms with E-state index in [9.17, 15) is 4.79 Å². The summed E-state index contributed by atoms with van der Waals surface area (Å²) >= 11 is 1.48. The average Bonchev–Trinajstić information content (AvgIpc) is 3.16. The second-order valence-corrected chi connectivity index (χ2v) is 6.09. The molecule has 2 aromatic carbocycles. The molecule has 3 aromatic rings. The molecule has 2 heterocycles. The topological polar surface area (TPSA) is 52.8 Å². The molecular weight excluding hydrogens is 312 g/mol. The van der Waals surface area contributed by atoms with Crippen molar-refractivity contribution in [3.63, 3.8) is 0 Å². The van der Waals surface area contributed by atoms with Crippen molar-refractivity contribution in [3.05, 3.63) is 52.8 Å². The molecule has 116 valence electrons. The van der Waals surface area contributed by atoms with Gasteiger partial charge in [0.05, 0.1) is 10.2 Å². The second-order valence-electron chi connectivity index (χ2n) is 5.09. The summed E-state index contributed by atoms with van der Waals surface area (Å²) in [6, 6.07) is 13.0. The molecule has 1 aliphatic rings. The third-order valence-corrected chi connectivity index (χ3v) is 4.75. The Hall–Kier alpha value is -2.60. The summed E-state index contributed by atoms with van der Waals surface area (Å²) in [6.45, 7) is 3.01. The zero-order valence-corrected chi connectivity index (χ0v) is 13.3. The van der Waals surface area contributed by atoms with Crippen molar-refractivity contribution in [1.82, 2.24) is 4.57 Å². The molecule has 0 aliphatic carbocycles. The van der Waals surface area contributed by atoms with Gasteiger partial charge in [-0.15, -0.1) is 0 Å². The Morgan fingerprint density at radius 2 is 1.96 bits per heavy atom. The van der Waals surface area contributed by atoms with Crippen LogP contribution < -0.4 is 14.3 Å². The maximum absolute atomic E-state index is 12.3. The quantitative estimate of drug-likeness (QED) is 0.727. The van der Waals surface area contributed by atoms with E-state index < -0.39 is 0 Å². The fraction of sp³-hybridized carbons (Fsp3) is 0.176. The van der Waals surface area contributed by atoms with Crippen LogP contribution in [0.15, 0.2) is 47.5 Å². The monoisotopic (exact) mass is 326 g/mol. The van der Waals surface area contributed by atoms with Crippen LogP contribution >= 0.6 is 11.3 Å². The summed E-state index contributed by atoms with van der Waals surface area (Å²) in [5.41, 5.74) is 1.59. The molecule has 23 heavy (non-hydrogen) atoms. The fourth-order valence-corrected chi connectivity index (χ4v) is 3.69. The van der Waals surface area contributed by atoms with Gasteiger partial charge in [0.25, 0.3) is 5.91 Å². The first-order valence-corrected chi connectivity index (χ1v) is 8.15. The van der Waals surface area contributed by atoms with Crippen molar-refractivity contribution >= 4 is 27.5 Å². The first-order valence-electron chi connectivity index (χ1n) is 7.33. The molecule has 0 saturated carbocycles. The van der Waals surface area contributed by atoms with Gasteiger partial charge >= 0.3 is 0 Å². The number of fused-ring (bicyclic) bond motifs is 2. The van der Waals surface area contributed by atoms with Gasteiger partial charge in [-0.05, 0) is 19.1 Å². The molecule has 1 amide bonds. The van der Waals surface area contributed by atoms with Crippen LogP contribution in [0.5, 0.6) is 11.5 Å². The number of hydrogen-bond donors (Lipinski definition) is 0. The van der Waals surface area contributed by atoms with E-state index in [2.05, 4.69) is 4.99 Å².